The lowest BCUT2D eigenvalue weighted by Gasteiger charge is -2.07. The van der Waals surface area contributed by atoms with Crippen LogP contribution in [0, 0.1) is 6.92 Å². The van der Waals surface area contributed by atoms with Gasteiger partial charge < -0.3 is 15.1 Å². The molecule has 106 valence electrons. The van der Waals surface area contributed by atoms with E-state index < -0.39 is 0 Å². The molecule has 0 atom stereocenters. The van der Waals surface area contributed by atoms with E-state index in [1.165, 1.54) is 11.8 Å². The van der Waals surface area contributed by atoms with Crippen molar-refractivity contribution < 1.29 is 9.21 Å². The van der Waals surface area contributed by atoms with E-state index in [-0.39, 0.29) is 5.91 Å². The van der Waals surface area contributed by atoms with Gasteiger partial charge in [0.05, 0.1) is 11.8 Å². The predicted octanol–water partition coefficient (Wildman–Crippen LogP) is 3.34. The molecule has 4 nitrogen and oxygen atoms in total. The Bertz CT molecular complexity index is 558. The van der Waals surface area contributed by atoms with Gasteiger partial charge in [0.15, 0.2) is 0 Å². The van der Waals surface area contributed by atoms with Crippen LogP contribution in [0.4, 0.5) is 5.69 Å². The second-order valence-corrected chi connectivity index (χ2v) is 4.72. The molecule has 0 aliphatic heterocycles. The average molecular weight is 272 g/mol. The quantitative estimate of drug-likeness (QED) is 0.793. The summed E-state index contributed by atoms with van der Waals surface area (Å²) in [7, 11) is 0. The van der Waals surface area contributed by atoms with E-state index in [2.05, 4.69) is 17.6 Å². The average Bonchev–Trinajstić information content (AvgIpc) is 2.87. The van der Waals surface area contributed by atoms with Crippen molar-refractivity contribution in [1.82, 2.24) is 5.32 Å². The molecule has 20 heavy (non-hydrogen) atoms. The number of hydrogen-bond donors (Lipinski definition) is 2. The van der Waals surface area contributed by atoms with Gasteiger partial charge in [-0.25, -0.2) is 0 Å². The first-order chi connectivity index (χ1) is 9.70. The molecule has 0 unspecified atom stereocenters. The highest BCUT2D eigenvalue weighted by Crippen LogP contribution is 2.14. The third kappa shape index (κ3) is 3.71. The second kappa shape index (κ2) is 6.91. The topological polar surface area (TPSA) is 54.3 Å². The van der Waals surface area contributed by atoms with Crippen LogP contribution in [0.15, 0.2) is 41.0 Å². The van der Waals surface area contributed by atoms with Gasteiger partial charge in [-0.1, -0.05) is 19.1 Å². The molecule has 0 aliphatic rings. The third-order valence-corrected chi connectivity index (χ3v) is 3.07. The van der Waals surface area contributed by atoms with Crippen molar-refractivity contribution in [2.24, 2.45) is 0 Å². The van der Waals surface area contributed by atoms with Crippen LogP contribution < -0.4 is 10.6 Å². The molecular formula is C16H20N2O2. The standard InChI is InChI=1S/C16H20N2O2/c1-3-9-17-11-13-4-6-14(7-5-13)18-16(19)15-8-10-20-12(15)2/h4-8,10,17H,3,9,11H2,1-2H3,(H,18,19). The fourth-order valence-electron chi connectivity index (χ4n) is 1.93. The van der Waals surface area contributed by atoms with E-state index in [9.17, 15) is 4.79 Å². The highest BCUT2D eigenvalue weighted by atomic mass is 16.3. The largest absolute Gasteiger partial charge is 0.469 e. The van der Waals surface area contributed by atoms with Gasteiger partial charge in [-0.15, -0.1) is 0 Å². The molecule has 0 aliphatic carbocycles. The first kappa shape index (κ1) is 14.3. The maximum atomic E-state index is 12.0. The number of carbonyl (C=O) groups is 1. The van der Waals surface area contributed by atoms with E-state index in [1.807, 2.05) is 24.3 Å². The van der Waals surface area contributed by atoms with Gasteiger partial charge in [-0.2, -0.15) is 0 Å². The van der Waals surface area contributed by atoms with Gasteiger partial charge in [0.2, 0.25) is 0 Å². The molecule has 0 saturated carbocycles. The minimum absolute atomic E-state index is 0.145. The fraction of sp³-hybridized carbons (Fsp3) is 0.312. The van der Waals surface area contributed by atoms with Crippen molar-refractivity contribution >= 4 is 11.6 Å². The van der Waals surface area contributed by atoms with E-state index in [4.69, 9.17) is 4.42 Å². The van der Waals surface area contributed by atoms with Crippen LogP contribution in [-0.4, -0.2) is 12.5 Å². The SMILES string of the molecule is CCCNCc1ccc(NC(=O)c2ccoc2C)cc1. The molecule has 1 heterocycles. The van der Waals surface area contributed by atoms with Crippen molar-refractivity contribution in [2.75, 3.05) is 11.9 Å². The molecule has 1 amide bonds. The molecule has 2 aromatic rings. The van der Waals surface area contributed by atoms with Crippen LogP contribution in [0.25, 0.3) is 0 Å². The summed E-state index contributed by atoms with van der Waals surface area (Å²) in [5.74, 6) is 0.482. The minimum Gasteiger partial charge on any atom is -0.469 e. The number of aryl methyl sites for hydroxylation is 1. The molecule has 0 radical (unpaired) electrons. The van der Waals surface area contributed by atoms with E-state index in [0.29, 0.717) is 11.3 Å². The van der Waals surface area contributed by atoms with Gasteiger partial charge in [0, 0.05) is 12.2 Å². The molecule has 1 aromatic carbocycles. The van der Waals surface area contributed by atoms with E-state index >= 15 is 0 Å². The van der Waals surface area contributed by atoms with Crippen LogP contribution in [0.2, 0.25) is 0 Å². The molecule has 1 aromatic heterocycles. The molecule has 2 rings (SSSR count). The van der Waals surface area contributed by atoms with Crippen LogP contribution >= 0.6 is 0 Å². The summed E-state index contributed by atoms with van der Waals surface area (Å²) in [6, 6.07) is 9.53. The van der Waals surface area contributed by atoms with Crippen LogP contribution in [0.5, 0.6) is 0 Å². The molecule has 0 fully saturated rings. The molecular weight excluding hydrogens is 252 g/mol. The van der Waals surface area contributed by atoms with Crippen LogP contribution in [0.1, 0.15) is 35.0 Å². The summed E-state index contributed by atoms with van der Waals surface area (Å²) in [5.41, 5.74) is 2.56. The first-order valence-electron chi connectivity index (χ1n) is 6.86. The maximum absolute atomic E-state index is 12.0. The number of hydrogen-bond acceptors (Lipinski definition) is 3. The number of anilines is 1. The predicted molar refractivity (Wildman–Crippen MR) is 79.8 cm³/mol. The lowest BCUT2D eigenvalue weighted by Crippen LogP contribution is -2.14. The number of carbonyl (C=O) groups excluding carboxylic acids is 1. The van der Waals surface area contributed by atoms with Crippen molar-refractivity contribution in [3.63, 3.8) is 0 Å². The van der Waals surface area contributed by atoms with Gasteiger partial charge in [0.1, 0.15) is 5.76 Å². The number of nitrogens with one attached hydrogen (secondary N) is 2. The fourth-order valence-corrected chi connectivity index (χ4v) is 1.93. The molecule has 0 saturated heterocycles. The lowest BCUT2D eigenvalue weighted by atomic mass is 10.2. The lowest BCUT2D eigenvalue weighted by molar-refractivity contribution is 0.102. The van der Waals surface area contributed by atoms with Crippen molar-refractivity contribution in [2.45, 2.75) is 26.8 Å². The van der Waals surface area contributed by atoms with Crippen molar-refractivity contribution in [3.05, 3.63) is 53.5 Å². The smallest absolute Gasteiger partial charge is 0.259 e. The van der Waals surface area contributed by atoms with Gasteiger partial charge >= 0.3 is 0 Å². The van der Waals surface area contributed by atoms with E-state index in [0.717, 1.165) is 25.2 Å². The van der Waals surface area contributed by atoms with Gasteiger partial charge in [0.25, 0.3) is 5.91 Å². The summed E-state index contributed by atoms with van der Waals surface area (Å²) >= 11 is 0. The minimum atomic E-state index is -0.145. The Morgan fingerprint density at radius 3 is 2.55 bits per heavy atom. The van der Waals surface area contributed by atoms with E-state index in [1.54, 1.807) is 13.0 Å². The van der Waals surface area contributed by atoms with Gasteiger partial charge in [-0.3, -0.25) is 4.79 Å². The zero-order chi connectivity index (χ0) is 14.4. The molecule has 2 N–H and O–H groups in total. The highest BCUT2D eigenvalue weighted by molar-refractivity contribution is 6.04. The molecule has 0 spiro atoms. The Balaban J connectivity index is 1.93. The molecule has 4 heteroatoms. The summed E-state index contributed by atoms with van der Waals surface area (Å²) in [6.45, 7) is 5.78. The van der Waals surface area contributed by atoms with Crippen LogP contribution in [0.3, 0.4) is 0 Å². The monoisotopic (exact) mass is 272 g/mol. The Morgan fingerprint density at radius 2 is 1.95 bits per heavy atom. The first-order valence-corrected chi connectivity index (χ1v) is 6.86. The summed E-state index contributed by atoms with van der Waals surface area (Å²) in [4.78, 5) is 12.0. The van der Waals surface area contributed by atoms with Crippen molar-refractivity contribution in [1.29, 1.82) is 0 Å². The normalized spacial score (nSPS) is 10.5. The number of rotatable bonds is 6. The summed E-state index contributed by atoms with van der Waals surface area (Å²) < 4.78 is 5.13. The zero-order valence-electron chi connectivity index (χ0n) is 11.9. The maximum Gasteiger partial charge on any atom is 0.259 e. The Morgan fingerprint density at radius 1 is 1.20 bits per heavy atom. The van der Waals surface area contributed by atoms with Crippen molar-refractivity contribution in [3.8, 4) is 0 Å². The second-order valence-electron chi connectivity index (χ2n) is 4.72. The Kier molecular flexibility index (Phi) is 4.96. The third-order valence-electron chi connectivity index (χ3n) is 3.07. The number of furan rings is 1. The summed E-state index contributed by atoms with van der Waals surface area (Å²) in [6.07, 6.45) is 2.64. The zero-order valence-corrected chi connectivity index (χ0v) is 11.9. The van der Waals surface area contributed by atoms with Gasteiger partial charge in [-0.05, 0) is 43.7 Å². The highest BCUT2D eigenvalue weighted by Gasteiger charge is 2.11. The number of benzene rings is 1. The number of amides is 1. The Hall–Kier alpha value is -2.07. The summed E-state index contributed by atoms with van der Waals surface area (Å²) in [5, 5.41) is 6.20. The Labute approximate surface area is 119 Å². The van der Waals surface area contributed by atoms with Crippen LogP contribution in [-0.2, 0) is 6.54 Å². The molecule has 0 bridgehead atoms.